The molecule has 0 radical (unpaired) electrons. The normalized spacial score (nSPS) is 9.46. The van der Waals surface area contributed by atoms with E-state index in [0.29, 0.717) is 0 Å². The van der Waals surface area contributed by atoms with Crippen molar-refractivity contribution in [2.24, 2.45) is 0 Å². The second-order valence-electron chi connectivity index (χ2n) is 2.40. The van der Waals surface area contributed by atoms with Gasteiger partial charge in [-0.3, -0.25) is 4.79 Å². The fourth-order valence-corrected chi connectivity index (χ4v) is 3.00. The van der Waals surface area contributed by atoms with Crippen molar-refractivity contribution in [3.8, 4) is 0 Å². The van der Waals surface area contributed by atoms with Gasteiger partial charge >= 0.3 is 0 Å². The quantitative estimate of drug-likeness (QED) is 0.651. The zero-order valence-corrected chi connectivity index (χ0v) is 9.59. The summed E-state index contributed by atoms with van der Waals surface area (Å²) in [5.41, 5.74) is 1.21. The fraction of sp³-hybridized carbons (Fsp3) is 0.300. The van der Waals surface area contributed by atoms with E-state index in [-0.39, 0.29) is 4.06 Å². The lowest BCUT2D eigenvalue weighted by atomic mass is 10.2. The molecule has 0 spiro atoms. The van der Waals surface area contributed by atoms with E-state index in [1.807, 2.05) is 32.9 Å². The minimum atomic E-state index is 0.186. The molecule has 0 fully saturated rings. The molecular formula is C10H12OS2. The van der Waals surface area contributed by atoms with Crippen LogP contribution in [0.5, 0.6) is 0 Å². The van der Waals surface area contributed by atoms with Crippen LogP contribution in [0.3, 0.4) is 0 Å². The molecule has 70 valence electrons. The van der Waals surface area contributed by atoms with E-state index in [2.05, 4.69) is 6.07 Å². The van der Waals surface area contributed by atoms with Crippen molar-refractivity contribution in [1.82, 2.24) is 0 Å². The molecule has 0 aliphatic carbocycles. The van der Waals surface area contributed by atoms with Crippen molar-refractivity contribution in [3.05, 3.63) is 32.6 Å². The highest BCUT2D eigenvalue weighted by atomic mass is 32.2. The molecule has 0 bridgehead atoms. The maximum atomic E-state index is 10.9. The average molecular weight is 212 g/mol. The summed E-state index contributed by atoms with van der Waals surface area (Å²) in [7, 11) is 0. The summed E-state index contributed by atoms with van der Waals surface area (Å²) in [5.74, 6) is 0. The molecule has 1 aromatic carbocycles. The summed E-state index contributed by atoms with van der Waals surface area (Å²) in [6, 6.07) is 6.09. The molecule has 0 saturated heterocycles. The second-order valence-corrected chi connectivity index (χ2v) is 4.69. The van der Waals surface area contributed by atoms with E-state index < -0.39 is 0 Å². The third kappa shape index (κ3) is 2.39. The Balaban J connectivity index is 0.000000396. The van der Waals surface area contributed by atoms with E-state index >= 15 is 0 Å². The highest BCUT2D eigenvalue weighted by Gasteiger charge is 1.98. The van der Waals surface area contributed by atoms with Gasteiger partial charge in [-0.1, -0.05) is 42.6 Å². The first-order valence-electron chi connectivity index (χ1n) is 4.26. The second kappa shape index (κ2) is 4.53. The van der Waals surface area contributed by atoms with Gasteiger partial charge in [-0.15, -0.1) is 0 Å². The molecule has 2 aromatic rings. The van der Waals surface area contributed by atoms with E-state index in [0.717, 1.165) is 9.40 Å². The van der Waals surface area contributed by atoms with Crippen LogP contribution in [0.25, 0.3) is 9.40 Å². The molecule has 0 aliphatic heterocycles. The molecule has 1 heterocycles. The lowest BCUT2D eigenvalue weighted by Crippen LogP contribution is -1.72. The minimum absolute atomic E-state index is 0.186. The Kier molecular flexibility index (Phi) is 3.63. The van der Waals surface area contributed by atoms with Gasteiger partial charge in [-0.25, -0.2) is 0 Å². The smallest absolute Gasteiger partial charge is 0.265 e. The SMILES string of the molecule is CC.Cc1ccc2sc(=O)sc2c1. The monoisotopic (exact) mass is 212 g/mol. The molecule has 3 heteroatoms. The van der Waals surface area contributed by atoms with Gasteiger partial charge in [0.05, 0.1) is 0 Å². The third-order valence-electron chi connectivity index (χ3n) is 1.49. The Labute approximate surface area is 85.7 Å². The van der Waals surface area contributed by atoms with Crippen molar-refractivity contribution in [3.63, 3.8) is 0 Å². The lowest BCUT2D eigenvalue weighted by Gasteiger charge is -1.88. The van der Waals surface area contributed by atoms with Crippen LogP contribution in [-0.2, 0) is 0 Å². The average Bonchev–Trinajstić information content (AvgIpc) is 2.48. The van der Waals surface area contributed by atoms with Crippen LogP contribution in [0.15, 0.2) is 23.0 Å². The molecule has 0 amide bonds. The minimum Gasteiger partial charge on any atom is -0.265 e. The number of hydrogen-bond acceptors (Lipinski definition) is 3. The van der Waals surface area contributed by atoms with Gasteiger partial charge in [-0.2, -0.15) is 0 Å². The molecular weight excluding hydrogens is 200 g/mol. The van der Waals surface area contributed by atoms with Crippen LogP contribution in [0.1, 0.15) is 19.4 Å². The van der Waals surface area contributed by atoms with Crippen LogP contribution >= 0.6 is 22.7 Å². The van der Waals surface area contributed by atoms with E-state index in [1.165, 1.54) is 28.2 Å². The van der Waals surface area contributed by atoms with E-state index in [4.69, 9.17) is 0 Å². The highest BCUT2D eigenvalue weighted by molar-refractivity contribution is 7.35. The van der Waals surface area contributed by atoms with Crippen molar-refractivity contribution >= 4 is 32.1 Å². The molecule has 0 atom stereocenters. The van der Waals surface area contributed by atoms with Crippen LogP contribution in [0.4, 0.5) is 0 Å². The molecule has 2 rings (SSSR count). The summed E-state index contributed by atoms with van der Waals surface area (Å²) >= 11 is 2.65. The van der Waals surface area contributed by atoms with Gasteiger partial charge in [0.1, 0.15) is 0 Å². The predicted octanol–water partition coefficient (Wildman–Crippen LogP) is 3.66. The number of fused-ring (bicyclic) bond motifs is 1. The number of rotatable bonds is 0. The molecule has 0 saturated carbocycles. The predicted molar refractivity (Wildman–Crippen MR) is 62.1 cm³/mol. The maximum absolute atomic E-state index is 10.9. The van der Waals surface area contributed by atoms with Crippen molar-refractivity contribution in [1.29, 1.82) is 0 Å². The highest BCUT2D eigenvalue weighted by Crippen LogP contribution is 2.21. The molecule has 1 aromatic heterocycles. The van der Waals surface area contributed by atoms with Gasteiger partial charge in [0.25, 0.3) is 4.06 Å². The zero-order valence-electron chi connectivity index (χ0n) is 7.96. The van der Waals surface area contributed by atoms with Gasteiger partial charge in [-0.05, 0) is 24.6 Å². The summed E-state index contributed by atoms with van der Waals surface area (Å²) in [6.45, 7) is 6.04. The number of hydrogen-bond donors (Lipinski definition) is 0. The standard InChI is InChI=1S/C8H6OS2.C2H6/c1-5-2-3-6-7(4-5)11-8(9)10-6;1-2/h2-4H,1H3;1-2H3. The van der Waals surface area contributed by atoms with Crippen molar-refractivity contribution in [2.45, 2.75) is 20.8 Å². The Bertz CT molecular complexity index is 439. The van der Waals surface area contributed by atoms with E-state index in [1.54, 1.807) is 0 Å². The first-order valence-corrected chi connectivity index (χ1v) is 5.89. The fourth-order valence-electron chi connectivity index (χ4n) is 0.980. The van der Waals surface area contributed by atoms with Crippen molar-refractivity contribution < 1.29 is 0 Å². The van der Waals surface area contributed by atoms with Gasteiger partial charge < -0.3 is 0 Å². The molecule has 0 unspecified atom stereocenters. The molecule has 0 N–H and O–H groups in total. The van der Waals surface area contributed by atoms with Crippen LogP contribution in [0.2, 0.25) is 0 Å². The summed E-state index contributed by atoms with van der Waals surface area (Å²) < 4.78 is 2.40. The molecule has 1 nitrogen and oxygen atoms in total. The zero-order chi connectivity index (χ0) is 9.84. The maximum Gasteiger partial charge on any atom is 0.288 e. The van der Waals surface area contributed by atoms with Crippen LogP contribution in [0, 0.1) is 6.92 Å². The largest absolute Gasteiger partial charge is 0.288 e. The van der Waals surface area contributed by atoms with Crippen molar-refractivity contribution in [2.75, 3.05) is 0 Å². The Morgan fingerprint density at radius 1 is 1.08 bits per heavy atom. The summed E-state index contributed by atoms with van der Waals surface area (Å²) in [5, 5.41) is 0. The Morgan fingerprint density at radius 3 is 2.38 bits per heavy atom. The Hall–Kier alpha value is -0.670. The van der Waals surface area contributed by atoms with E-state index in [9.17, 15) is 4.79 Å². The molecule has 13 heavy (non-hydrogen) atoms. The summed E-state index contributed by atoms with van der Waals surface area (Å²) in [4.78, 5) is 10.9. The van der Waals surface area contributed by atoms with Crippen LogP contribution in [-0.4, -0.2) is 0 Å². The van der Waals surface area contributed by atoms with Gasteiger partial charge in [0.2, 0.25) is 0 Å². The third-order valence-corrected chi connectivity index (χ3v) is 3.58. The first kappa shape index (κ1) is 10.4. The number of aryl methyl sites for hydroxylation is 1. The Morgan fingerprint density at radius 2 is 1.69 bits per heavy atom. The summed E-state index contributed by atoms with van der Waals surface area (Å²) in [6.07, 6.45) is 0. The van der Waals surface area contributed by atoms with Gasteiger partial charge in [0, 0.05) is 9.40 Å². The first-order chi connectivity index (χ1) is 6.25. The topological polar surface area (TPSA) is 17.1 Å². The number of benzene rings is 1. The lowest BCUT2D eigenvalue weighted by molar-refractivity contribution is 1.50. The molecule has 0 aliphatic rings. The van der Waals surface area contributed by atoms with Crippen LogP contribution < -0.4 is 4.06 Å². The van der Waals surface area contributed by atoms with Gasteiger partial charge in [0.15, 0.2) is 0 Å².